The van der Waals surface area contributed by atoms with E-state index in [0.717, 1.165) is 12.1 Å². The molecule has 13 heteroatoms. The highest BCUT2D eigenvalue weighted by molar-refractivity contribution is 8.01. The summed E-state index contributed by atoms with van der Waals surface area (Å²) in [5.74, 6) is -0.810. The molecule has 9 nitrogen and oxygen atoms in total. The van der Waals surface area contributed by atoms with Crippen molar-refractivity contribution < 1.29 is 23.9 Å². The van der Waals surface area contributed by atoms with Gasteiger partial charge in [-0.05, 0) is 30.0 Å². The molecule has 1 aliphatic heterocycles. The number of hydrogen-bond donors (Lipinski definition) is 1. The quantitative estimate of drug-likeness (QED) is 0.270. The summed E-state index contributed by atoms with van der Waals surface area (Å²) in [6, 6.07) is 5.60. The van der Waals surface area contributed by atoms with Crippen LogP contribution in [0.3, 0.4) is 0 Å². The number of thiazole rings is 1. The summed E-state index contributed by atoms with van der Waals surface area (Å²) in [7, 11) is 1.37. The number of primary amides is 1. The molecule has 2 aromatic rings. The molecule has 1 fully saturated rings. The number of morpholine rings is 1. The molecule has 208 valence electrons. The van der Waals surface area contributed by atoms with Gasteiger partial charge in [0.2, 0.25) is 5.91 Å². The third kappa shape index (κ3) is 9.69. The van der Waals surface area contributed by atoms with Crippen molar-refractivity contribution in [1.82, 2.24) is 14.8 Å². The highest BCUT2D eigenvalue weighted by atomic mass is 35.5. The first-order valence-electron chi connectivity index (χ1n) is 12.1. The third-order valence-electron chi connectivity index (χ3n) is 6.00. The van der Waals surface area contributed by atoms with E-state index in [0.29, 0.717) is 59.3 Å². The van der Waals surface area contributed by atoms with Crippen molar-refractivity contribution in [3.05, 3.63) is 44.9 Å². The summed E-state index contributed by atoms with van der Waals surface area (Å²) in [4.78, 5) is 44.7. The molecule has 2 atom stereocenters. The number of carbonyl (C=O) groups excluding carboxylic acids is 3. The molecule has 3 rings (SSSR count). The predicted molar refractivity (Wildman–Crippen MR) is 150 cm³/mol. The lowest BCUT2D eigenvalue weighted by molar-refractivity contribution is -0.141. The van der Waals surface area contributed by atoms with Crippen LogP contribution in [-0.4, -0.2) is 84.3 Å². The van der Waals surface area contributed by atoms with E-state index in [1.807, 2.05) is 19.1 Å². The second-order valence-electron chi connectivity index (χ2n) is 9.16. The van der Waals surface area contributed by atoms with Crippen LogP contribution in [0, 0.1) is 5.92 Å². The van der Waals surface area contributed by atoms with E-state index in [4.69, 9.17) is 38.4 Å². The maximum absolute atomic E-state index is 13.5. The average Bonchev–Trinajstić information content (AvgIpc) is 3.36. The largest absolute Gasteiger partial charge is 0.469 e. The molecule has 1 aromatic heterocycles. The SMILES string of the molecule is COC(=O)C[C@@H](C)CCN(C[C@@H]1CN(Cc2ccc(Cl)c(Cl)c2)CCO1)C(=O)c1csc(SCC(N)=O)n1. The molecule has 0 unspecified atom stereocenters. The van der Waals surface area contributed by atoms with Crippen molar-refractivity contribution in [3.63, 3.8) is 0 Å². The molecule has 1 saturated heterocycles. The monoisotopic (exact) mass is 602 g/mol. The number of methoxy groups -OCH3 is 1. The molecule has 0 saturated carbocycles. The minimum atomic E-state index is -0.445. The van der Waals surface area contributed by atoms with E-state index in [1.165, 1.54) is 30.2 Å². The molecule has 1 aliphatic rings. The first kappa shape index (κ1) is 30.6. The van der Waals surface area contributed by atoms with Gasteiger partial charge in [-0.2, -0.15) is 0 Å². The Balaban J connectivity index is 1.67. The highest BCUT2D eigenvalue weighted by Gasteiger charge is 2.27. The van der Waals surface area contributed by atoms with Crippen LogP contribution in [0.5, 0.6) is 0 Å². The number of nitrogens with zero attached hydrogens (tertiary/aromatic N) is 3. The van der Waals surface area contributed by atoms with Gasteiger partial charge < -0.3 is 20.1 Å². The number of esters is 1. The third-order valence-corrected chi connectivity index (χ3v) is 8.78. The van der Waals surface area contributed by atoms with Crippen LogP contribution < -0.4 is 5.73 Å². The lowest BCUT2D eigenvalue weighted by atomic mass is 10.0. The van der Waals surface area contributed by atoms with Gasteiger partial charge in [-0.25, -0.2) is 4.98 Å². The Morgan fingerprint density at radius 3 is 2.84 bits per heavy atom. The number of aromatic nitrogens is 1. The molecule has 2 amide bonds. The zero-order valence-corrected chi connectivity index (χ0v) is 24.5. The summed E-state index contributed by atoms with van der Waals surface area (Å²) >= 11 is 14.7. The van der Waals surface area contributed by atoms with Gasteiger partial charge in [0, 0.05) is 44.5 Å². The van der Waals surface area contributed by atoms with Crippen LogP contribution in [-0.2, 0) is 25.6 Å². The van der Waals surface area contributed by atoms with E-state index in [9.17, 15) is 14.4 Å². The van der Waals surface area contributed by atoms with Crippen molar-refractivity contribution >= 4 is 64.1 Å². The predicted octanol–water partition coefficient (Wildman–Crippen LogP) is 3.96. The second kappa shape index (κ2) is 15.0. The Labute approximate surface area is 240 Å². The van der Waals surface area contributed by atoms with Gasteiger partial charge in [0.1, 0.15) is 5.69 Å². The van der Waals surface area contributed by atoms with Crippen molar-refractivity contribution in [2.45, 2.75) is 36.8 Å². The zero-order chi connectivity index (χ0) is 27.7. The van der Waals surface area contributed by atoms with Crippen LogP contribution in [0.1, 0.15) is 35.8 Å². The van der Waals surface area contributed by atoms with Gasteiger partial charge in [0.05, 0.1) is 35.6 Å². The summed E-state index contributed by atoms with van der Waals surface area (Å²) < 4.78 is 11.4. The van der Waals surface area contributed by atoms with Crippen LogP contribution in [0.4, 0.5) is 0 Å². The standard InChI is InChI=1S/C25H32Cl2N4O5S2/c1-16(9-23(33)35-2)5-6-31(24(34)21-14-37-25(29-21)38-15-22(28)32)13-18-12-30(7-8-36-18)11-17-3-4-19(26)20(27)10-17/h3-4,10,14,16,18H,5-9,11-13,15H2,1-2H3,(H2,28,32)/t16-,18-/m0/s1. The Hall–Kier alpha value is -1.89. The molecule has 0 spiro atoms. The van der Waals surface area contributed by atoms with Gasteiger partial charge in [0.15, 0.2) is 4.34 Å². The molecule has 38 heavy (non-hydrogen) atoms. The number of carbonyl (C=O) groups is 3. The van der Waals surface area contributed by atoms with Gasteiger partial charge in [0.25, 0.3) is 5.91 Å². The van der Waals surface area contributed by atoms with E-state index >= 15 is 0 Å². The smallest absolute Gasteiger partial charge is 0.305 e. The van der Waals surface area contributed by atoms with Crippen molar-refractivity contribution in [2.24, 2.45) is 11.7 Å². The fourth-order valence-electron chi connectivity index (χ4n) is 4.02. The normalized spacial score (nSPS) is 16.7. The molecular formula is C25H32Cl2N4O5S2. The molecule has 2 heterocycles. The average molecular weight is 604 g/mol. The maximum atomic E-state index is 13.5. The fourth-order valence-corrected chi connectivity index (χ4v) is 5.87. The van der Waals surface area contributed by atoms with Gasteiger partial charge in [-0.3, -0.25) is 19.3 Å². The molecule has 0 aliphatic carbocycles. The molecule has 2 N–H and O–H groups in total. The maximum Gasteiger partial charge on any atom is 0.305 e. The van der Waals surface area contributed by atoms with Crippen molar-refractivity contribution in [2.75, 3.05) is 45.6 Å². The number of hydrogen-bond acceptors (Lipinski definition) is 9. The summed E-state index contributed by atoms with van der Waals surface area (Å²) in [6.07, 6.45) is 0.697. The lowest BCUT2D eigenvalue weighted by Gasteiger charge is -2.36. The number of thioether (sulfide) groups is 1. The summed E-state index contributed by atoms with van der Waals surface area (Å²) in [5.41, 5.74) is 6.58. The Kier molecular flexibility index (Phi) is 12.1. The van der Waals surface area contributed by atoms with Crippen LogP contribution in [0.25, 0.3) is 0 Å². The van der Waals surface area contributed by atoms with E-state index in [2.05, 4.69) is 9.88 Å². The Bertz CT molecular complexity index is 1120. The van der Waals surface area contributed by atoms with E-state index in [1.54, 1.807) is 16.3 Å². The highest BCUT2D eigenvalue weighted by Crippen LogP contribution is 2.25. The summed E-state index contributed by atoms with van der Waals surface area (Å²) in [5, 5.41) is 2.72. The number of benzene rings is 1. The molecule has 0 bridgehead atoms. The zero-order valence-electron chi connectivity index (χ0n) is 21.4. The minimum Gasteiger partial charge on any atom is -0.469 e. The molecule has 0 radical (unpaired) electrons. The topological polar surface area (TPSA) is 115 Å². The Morgan fingerprint density at radius 2 is 2.13 bits per heavy atom. The van der Waals surface area contributed by atoms with Crippen molar-refractivity contribution in [1.29, 1.82) is 0 Å². The van der Waals surface area contributed by atoms with Crippen LogP contribution in [0.2, 0.25) is 10.0 Å². The van der Waals surface area contributed by atoms with Crippen LogP contribution >= 0.6 is 46.3 Å². The number of amides is 2. The van der Waals surface area contributed by atoms with Gasteiger partial charge in [-0.15, -0.1) is 11.3 Å². The number of halogens is 2. The number of nitrogens with two attached hydrogens (primary N) is 1. The van der Waals surface area contributed by atoms with Gasteiger partial charge >= 0.3 is 5.97 Å². The van der Waals surface area contributed by atoms with E-state index < -0.39 is 5.91 Å². The molecular weight excluding hydrogens is 571 g/mol. The van der Waals surface area contributed by atoms with E-state index in [-0.39, 0.29) is 36.1 Å². The number of rotatable bonds is 13. The number of ether oxygens (including phenoxy) is 2. The Morgan fingerprint density at radius 1 is 1.34 bits per heavy atom. The fraction of sp³-hybridized carbons (Fsp3) is 0.520. The minimum absolute atomic E-state index is 0.0355. The second-order valence-corrected chi connectivity index (χ2v) is 12.1. The first-order chi connectivity index (χ1) is 18.1. The lowest BCUT2D eigenvalue weighted by Crippen LogP contribution is -2.48. The van der Waals surface area contributed by atoms with Crippen molar-refractivity contribution in [3.8, 4) is 0 Å². The van der Waals surface area contributed by atoms with Gasteiger partial charge in [-0.1, -0.05) is 48.0 Å². The summed E-state index contributed by atoms with van der Waals surface area (Å²) in [6.45, 7) is 5.39. The molecule has 1 aromatic carbocycles. The first-order valence-corrected chi connectivity index (χ1v) is 14.8. The van der Waals surface area contributed by atoms with Crippen LogP contribution in [0.15, 0.2) is 27.9 Å².